The number of hydrogen-bond acceptors (Lipinski definition) is 3. The van der Waals surface area contributed by atoms with Gasteiger partial charge in [0.15, 0.2) is 0 Å². The maximum Gasteiger partial charge on any atom is 0.219 e. The molecule has 2 unspecified atom stereocenters. The molecule has 204 valence electrons. The van der Waals surface area contributed by atoms with E-state index in [0.717, 1.165) is 45.1 Å². The van der Waals surface area contributed by atoms with Crippen molar-refractivity contribution in [2.24, 2.45) is 0 Å². The van der Waals surface area contributed by atoms with Gasteiger partial charge in [-0.15, -0.1) is 0 Å². The average molecular weight is 483 g/mol. The minimum atomic E-state index is -0.203. The summed E-state index contributed by atoms with van der Waals surface area (Å²) in [5.74, 6) is 0.230. The molecule has 2 atom stereocenters. The van der Waals surface area contributed by atoms with Gasteiger partial charge in [0.1, 0.15) is 0 Å². The van der Waals surface area contributed by atoms with E-state index in [-0.39, 0.29) is 18.1 Å². The first-order chi connectivity index (χ1) is 16.5. The quantitative estimate of drug-likeness (QED) is 0.123. The molecule has 0 aliphatic heterocycles. The second-order valence-corrected chi connectivity index (χ2v) is 10.8. The van der Waals surface area contributed by atoms with Gasteiger partial charge in [0.05, 0.1) is 6.10 Å². The molecule has 2 N–H and O–H groups in total. The van der Waals surface area contributed by atoms with E-state index in [2.05, 4.69) is 38.2 Å². The first-order valence-corrected chi connectivity index (χ1v) is 15.1. The highest BCUT2D eigenvalue weighted by Gasteiger charge is 2.20. The molecule has 0 spiro atoms. The van der Waals surface area contributed by atoms with Crippen LogP contribution in [0, 0.1) is 0 Å². The van der Waals surface area contributed by atoms with E-state index >= 15 is 0 Å². The number of nitrogens with zero attached hydrogens (tertiary/aromatic N) is 1. The molecule has 0 heterocycles. The summed E-state index contributed by atoms with van der Waals surface area (Å²) in [6, 6.07) is 0.276. The van der Waals surface area contributed by atoms with Crippen molar-refractivity contribution in [3.63, 3.8) is 0 Å². The number of aliphatic hydroxyl groups excluding tert-OH is 1. The molecule has 0 fully saturated rings. The summed E-state index contributed by atoms with van der Waals surface area (Å²) < 4.78 is 0. The topological polar surface area (TPSA) is 52.6 Å². The molecule has 4 nitrogen and oxygen atoms in total. The number of unbranched alkanes of at least 4 members (excludes halogenated alkanes) is 16. The number of rotatable bonds is 26. The van der Waals surface area contributed by atoms with Gasteiger partial charge >= 0.3 is 0 Å². The largest absolute Gasteiger partial charge is 0.391 e. The second-order valence-electron chi connectivity index (χ2n) is 10.8. The number of amides is 1. The van der Waals surface area contributed by atoms with E-state index < -0.39 is 0 Å². The fourth-order valence-electron chi connectivity index (χ4n) is 4.87. The lowest BCUT2D eigenvalue weighted by molar-refractivity contribution is -0.121. The molecule has 0 aliphatic carbocycles. The number of aliphatic hydroxyl groups is 1. The average Bonchev–Trinajstić information content (AvgIpc) is 2.81. The highest BCUT2D eigenvalue weighted by molar-refractivity contribution is 5.75. The normalized spacial score (nSPS) is 13.4. The van der Waals surface area contributed by atoms with Crippen LogP contribution in [0.4, 0.5) is 0 Å². The van der Waals surface area contributed by atoms with Gasteiger partial charge in [0, 0.05) is 19.0 Å². The lowest BCUT2D eigenvalue weighted by Gasteiger charge is -2.29. The van der Waals surface area contributed by atoms with E-state index in [1.165, 1.54) is 96.3 Å². The molecule has 0 saturated carbocycles. The fourth-order valence-corrected chi connectivity index (χ4v) is 4.87. The van der Waals surface area contributed by atoms with Crippen LogP contribution in [-0.2, 0) is 4.79 Å². The van der Waals surface area contributed by atoms with Crippen molar-refractivity contribution < 1.29 is 9.90 Å². The Morgan fingerprint density at radius 3 is 1.62 bits per heavy atom. The van der Waals surface area contributed by atoms with Gasteiger partial charge in [0.2, 0.25) is 5.91 Å². The lowest BCUT2D eigenvalue weighted by atomic mass is 9.97. The zero-order valence-electron chi connectivity index (χ0n) is 23.7. The van der Waals surface area contributed by atoms with Gasteiger partial charge in [-0.2, -0.15) is 0 Å². The molecule has 0 bridgehead atoms. The molecule has 34 heavy (non-hydrogen) atoms. The summed E-state index contributed by atoms with van der Waals surface area (Å²) in [7, 11) is 4.20. The Hall–Kier alpha value is -0.610. The molecule has 0 aromatic heterocycles. The lowest BCUT2D eigenvalue weighted by Crippen LogP contribution is -2.39. The van der Waals surface area contributed by atoms with Crippen molar-refractivity contribution in [3.05, 3.63) is 0 Å². The second kappa shape index (κ2) is 25.5. The summed E-state index contributed by atoms with van der Waals surface area (Å²) in [5, 5.41) is 13.8. The van der Waals surface area contributed by atoms with Crippen LogP contribution in [0.5, 0.6) is 0 Å². The molecule has 0 radical (unpaired) electrons. The van der Waals surface area contributed by atoms with Crippen LogP contribution < -0.4 is 5.32 Å². The van der Waals surface area contributed by atoms with Gasteiger partial charge in [-0.05, 0) is 39.8 Å². The van der Waals surface area contributed by atoms with Gasteiger partial charge in [-0.3, -0.25) is 4.79 Å². The summed E-state index contributed by atoms with van der Waals surface area (Å²) in [6.07, 6.45) is 26.3. The zero-order valence-corrected chi connectivity index (χ0v) is 23.7. The number of carbonyl (C=O) groups excluding carboxylic acids is 1. The Balaban J connectivity index is 3.62. The SMILES string of the molecule is CCCCCCCCCCNC(=O)CCCCCCCC(C(O)CCCCCCCC)N(C)C. The standard InChI is InChI=1S/C30H62N2O2/c1-5-7-9-11-13-14-19-23-27-31-30(34)26-22-18-15-16-20-24-28(32(3)4)29(33)25-21-17-12-10-8-6-2/h28-29,33H,5-27H2,1-4H3,(H,31,34). The molecule has 0 saturated heterocycles. The number of carbonyl (C=O) groups is 1. The molecular weight excluding hydrogens is 420 g/mol. The third-order valence-electron chi connectivity index (χ3n) is 7.22. The fraction of sp³-hybridized carbons (Fsp3) is 0.967. The molecule has 0 aromatic carbocycles. The number of likely N-dealkylation sites (N-methyl/N-ethyl adjacent to an activating group) is 1. The molecular formula is C30H62N2O2. The Morgan fingerprint density at radius 2 is 1.09 bits per heavy atom. The Labute approximate surface area is 214 Å². The van der Waals surface area contributed by atoms with Gasteiger partial charge in [0.25, 0.3) is 0 Å². The van der Waals surface area contributed by atoms with Gasteiger partial charge in [-0.1, -0.05) is 123 Å². The third-order valence-corrected chi connectivity index (χ3v) is 7.22. The highest BCUT2D eigenvalue weighted by Crippen LogP contribution is 2.18. The van der Waals surface area contributed by atoms with Crippen molar-refractivity contribution in [1.82, 2.24) is 10.2 Å². The first kappa shape index (κ1) is 33.4. The Kier molecular flexibility index (Phi) is 25.0. The van der Waals surface area contributed by atoms with E-state index in [4.69, 9.17) is 0 Å². The van der Waals surface area contributed by atoms with E-state index in [9.17, 15) is 9.90 Å². The summed E-state index contributed by atoms with van der Waals surface area (Å²) in [4.78, 5) is 14.2. The van der Waals surface area contributed by atoms with Crippen LogP contribution >= 0.6 is 0 Å². The van der Waals surface area contributed by atoms with Crippen molar-refractivity contribution in [1.29, 1.82) is 0 Å². The van der Waals surface area contributed by atoms with Crippen LogP contribution in [0.1, 0.15) is 155 Å². The monoisotopic (exact) mass is 482 g/mol. The predicted molar refractivity (Wildman–Crippen MR) is 149 cm³/mol. The van der Waals surface area contributed by atoms with E-state index in [1.807, 2.05) is 0 Å². The molecule has 1 amide bonds. The molecule has 0 rings (SSSR count). The van der Waals surface area contributed by atoms with Crippen molar-refractivity contribution in [2.75, 3.05) is 20.6 Å². The predicted octanol–water partition coefficient (Wildman–Crippen LogP) is 8.02. The molecule has 0 aliphatic rings. The number of hydrogen-bond donors (Lipinski definition) is 2. The van der Waals surface area contributed by atoms with Gasteiger partial charge < -0.3 is 15.3 Å². The Bertz CT molecular complexity index is 428. The minimum absolute atomic E-state index is 0.203. The zero-order chi connectivity index (χ0) is 25.3. The maximum atomic E-state index is 12.0. The number of nitrogens with one attached hydrogen (secondary N) is 1. The molecule has 4 heteroatoms. The Morgan fingerprint density at radius 1 is 0.647 bits per heavy atom. The van der Waals surface area contributed by atoms with Crippen LogP contribution in [0.2, 0.25) is 0 Å². The summed E-state index contributed by atoms with van der Waals surface area (Å²) in [5.41, 5.74) is 0. The highest BCUT2D eigenvalue weighted by atomic mass is 16.3. The van der Waals surface area contributed by atoms with Crippen LogP contribution in [0.15, 0.2) is 0 Å². The van der Waals surface area contributed by atoms with Crippen molar-refractivity contribution >= 4 is 5.91 Å². The summed E-state index contributed by atoms with van der Waals surface area (Å²) in [6.45, 7) is 5.36. The summed E-state index contributed by atoms with van der Waals surface area (Å²) >= 11 is 0. The first-order valence-electron chi connectivity index (χ1n) is 15.1. The van der Waals surface area contributed by atoms with E-state index in [0.29, 0.717) is 6.42 Å². The van der Waals surface area contributed by atoms with Crippen molar-refractivity contribution in [3.8, 4) is 0 Å². The van der Waals surface area contributed by atoms with Crippen molar-refractivity contribution in [2.45, 2.75) is 167 Å². The van der Waals surface area contributed by atoms with Crippen LogP contribution in [0.25, 0.3) is 0 Å². The smallest absolute Gasteiger partial charge is 0.219 e. The van der Waals surface area contributed by atoms with E-state index in [1.54, 1.807) is 0 Å². The van der Waals surface area contributed by atoms with Crippen LogP contribution in [-0.4, -0.2) is 48.7 Å². The molecule has 0 aromatic rings. The van der Waals surface area contributed by atoms with Gasteiger partial charge in [-0.25, -0.2) is 0 Å². The minimum Gasteiger partial charge on any atom is -0.391 e. The van der Waals surface area contributed by atoms with Crippen LogP contribution in [0.3, 0.4) is 0 Å². The maximum absolute atomic E-state index is 12.0. The third kappa shape index (κ3) is 21.9.